The number of rotatable bonds is 7. The van der Waals surface area contributed by atoms with Gasteiger partial charge in [0.25, 0.3) is 0 Å². The summed E-state index contributed by atoms with van der Waals surface area (Å²) >= 11 is 0. The lowest BCUT2D eigenvalue weighted by molar-refractivity contribution is 0.444. The van der Waals surface area contributed by atoms with Gasteiger partial charge in [-0.25, -0.2) is 0 Å². The zero-order valence-corrected chi connectivity index (χ0v) is 12.6. The third kappa shape index (κ3) is 4.07. The molecule has 2 atom stereocenters. The first-order valence-corrected chi connectivity index (χ1v) is 8.14. The topological polar surface area (TPSA) is 12.0 Å². The summed E-state index contributed by atoms with van der Waals surface area (Å²) < 4.78 is 0. The van der Waals surface area contributed by atoms with E-state index in [2.05, 4.69) is 43.4 Å². The lowest BCUT2D eigenvalue weighted by atomic mass is 9.87. The maximum absolute atomic E-state index is 3.62. The SMILES string of the molecule is CCCNCC1CCCC1c1cccc(CCC)c1. The molecule has 1 fully saturated rings. The second kappa shape index (κ2) is 7.69. The van der Waals surface area contributed by atoms with Gasteiger partial charge in [0.1, 0.15) is 0 Å². The van der Waals surface area contributed by atoms with Gasteiger partial charge in [0.15, 0.2) is 0 Å². The number of nitrogens with one attached hydrogen (secondary N) is 1. The Hall–Kier alpha value is -0.820. The van der Waals surface area contributed by atoms with Crippen molar-refractivity contribution in [1.29, 1.82) is 0 Å². The van der Waals surface area contributed by atoms with Gasteiger partial charge in [-0.1, -0.05) is 51.0 Å². The minimum Gasteiger partial charge on any atom is -0.316 e. The fourth-order valence-corrected chi connectivity index (χ4v) is 3.45. The Kier molecular flexibility index (Phi) is 5.91. The third-order valence-corrected chi connectivity index (χ3v) is 4.41. The van der Waals surface area contributed by atoms with Crippen molar-refractivity contribution in [2.24, 2.45) is 5.92 Å². The molecule has 0 amide bonds. The zero-order valence-electron chi connectivity index (χ0n) is 12.6. The van der Waals surface area contributed by atoms with E-state index in [-0.39, 0.29) is 0 Å². The molecule has 1 aliphatic rings. The summed E-state index contributed by atoms with van der Waals surface area (Å²) in [4.78, 5) is 0. The Balaban J connectivity index is 2.00. The van der Waals surface area contributed by atoms with Crippen molar-refractivity contribution < 1.29 is 0 Å². The summed E-state index contributed by atoms with van der Waals surface area (Å²) in [5.41, 5.74) is 3.11. The van der Waals surface area contributed by atoms with Crippen LogP contribution >= 0.6 is 0 Å². The van der Waals surface area contributed by atoms with Crippen LogP contribution in [0.2, 0.25) is 0 Å². The predicted octanol–water partition coefficient (Wildman–Crippen LogP) is 4.52. The summed E-state index contributed by atoms with van der Waals surface area (Å²) in [6.45, 7) is 6.88. The molecule has 2 unspecified atom stereocenters. The highest BCUT2D eigenvalue weighted by molar-refractivity contribution is 5.28. The van der Waals surface area contributed by atoms with Gasteiger partial charge in [-0.3, -0.25) is 0 Å². The molecule has 0 aromatic heterocycles. The minimum atomic E-state index is 0.793. The van der Waals surface area contributed by atoms with Crippen LogP contribution in [-0.4, -0.2) is 13.1 Å². The second-order valence-electron chi connectivity index (χ2n) is 6.00. The summed E-state index contributed by atoms with van der Waals surface area (Å²) in [5.74, 6) is 1.64. The Labute approximate surface area is 118 Å². The summed E-state index contributed by atoms with van der Waals surface area (Å²) in [6, 6.07) is 9.36. The summed E-state index contributed by atoms with van der Waals surface area (Å²) in [5, 5.41) is 3.62. The number of aryl methyl sites for hydroxylation is 1. The van der Waals surface area contributed by atoms with Crippen LogP contribution in [0.3, 0.4) is 0 Å². The predicted molar refractivity (Wildman–Crippen MR) is 83.7 cm³/mol. The molecule has 1 saturated carbocycles. The van der Waals surface area contributed by atoms with E-state index in [4.69, 9.17) is 0 Å². The number of benzene rings is 1. The molecule has 0 spiro atoms. The lowest BCUT2D eigenvalue weighted by Crippen LogP contribution is -2.25. The quantitative estimate of drug-likeness (QED) is 0.710. The smallest absolute Gasteiger partial charge is 0.00147 e. The molecule has 1 nitrogen and oxygen atoms in total. The highest BCUT2D eigenvalue weighted by Gasteiger charge is 2.28. The van der Waals surface area contributed by atoms with Crippen molar-refractivity contribution in [2.45, 2.75) is 58.3 Å². The van der Waals surface area contributed by atoms with Crippen LogP contribution < -0.4 is 5.32 Å². The van der Waals surface area contributed by atoms with Crippen LogP contribution in [0.25, 0.3) is 0 Å². The van der Waals surface area contributed by atoms with E-state index in [1.54, 1.807) is 5.56 Å². The van der Waals surface area contributed by atoms with Gasteiger partial charge in [0.2, 0.25) is 0 Å². The monoisotopic (exact) mass is 259 g/mol. The van der Waals surface area contributed by atoms with Gasteiger partial charge in [-0.15, -0.1) is 0 Å². The Morgan fingerprint density at radius 1 is 1.16 bits per heavy atom. The Morgan fingerprint density at radius 2 is 2.05 bits per heavy atom. The van der Waals surface area contributed by atoms with Crippen LogP contribution in [0.5, 0.6) is 0 Å². The van der Waals surface area contributed by atoms with Gasteiger partial charge in [0, 0.05) is 0 Å². The first-order valence-electron chi connectivity index (χ1n) is 8.14. The molecule has 0 saturated heterocycles. The molecule has 1 heteroatoms. The first-order chi connectivity index (χ1) is 9.35. The molecule has 0 bridgehead atoms. The zero-order chi connectivity index (χ0) is 13.5. The highest BCUT2D eigenvalue weighted by atomic mass is 14.9. The molecule has 19 heavy (non-hydrogen) atoms. The lowest BCUT2D eigenvalue weighted by Gasteiger charge is -2.21. The van der Waals surface area contributed by atoms with E-state index in [9.17, 15) is 0 Å². The van der Waals surface area contributed by atoms with Crippen LogP contribution in [0, 0.1) is 5.92 Å². The van der Waals surface area contributed by atoms with Crippen molar-refractivity contribution in [3.63, 3.8) is 0 Å². The van der Waals surface area contributed by atoms with E-state index >= 15 is 0 Å². The molecule has 0 radical (unpaired) electrons. The largest absolute Gasteiger partial charge is 0.316 e. The van der Waals surface area contributed by atoms with Gasteiger partial charge in [-0.05, 0) is 61.7 Å². The van der Waals surface area contributed by atoms with Gasteiger partial charge < -0.3 is 5.32 Å². The maximum Gasteiger partial charge on any atom is -0.00147 e. The van der Waals surface area contributed by atoms with Gasteiger partial charge in [-0.2, -0.15) is 0 Å². The van der Waals surface area contributed by atoms with E-state index in [1.165, 1.54) is 57.2 Å². The first kappa shape index (κ1) is 14.6. The van der Waals surface area contributed by atoms with Crippen molar-refractivity contribution in [1.82, 2.24) is 5.32 Å². The van der Waals surface area contributed by atoms with Crippen LogP contribution in [0.1, 0.15) is 63.0 Å². The fourth-order valence-electron chi connectivity index (χ4n) is 3.45. The van der Waals surface area contributed by atoms with E-state index in [0.717, 1.165) is 11.8 Å². The molecule has 2 rings (SSSR count). The number of hydrogen-bond acceptors (Lipinski definition) is 1. The second-order valence-corrected chi connectivity index (χ2v) is 6.00. The van der Waals surface area contributed by atoms with Crippen molar-refractivity contribution in [3.05, 3.63) is 35.4 Å². The fraction of sp³-hybridized carbons (Fsp3) is 0.667. The van der Waals surface area contributed by atoms with Crippen LogP contribution in [0.15, 0.2) is 24.3 Å². The van der Waals surface area contributed by atoms with Crippen molar-refractivity contribution in [2.75, 3.05) is 13.1 Å². The highest BCUT2D eigenvalue weighted by Crippen LogP contribution is 2.39. The van der Waals surface area contributed by atoms with Gasteiger partial charge >= 0.3 is 0 Å². The summed E-state index contributed by atoms with van der Waals surface area (Å²) in [6.07, 6.45) is 7.90. The van der Waals surface area contributed by atoms with Crippen LogP contribution in [0.4, 0.5) is 0 Å². The normalized spacial score (nSPS) is 22.8. The van der Waals surface area contributed by atoms with E-state index in [1.807, 2.05) is 0 Å². The molecule has 1 aromatic rings. The third-order valence-electron chi connectivity index (χ3n) is 4.41. The molecule has 0 heterocycles. The average molecular weight is 259 g/mol. The molecule has 106 valence electrons. The molecule has 1 aliphatic carbocycles. The minimum absolute atomic E-state index is 0.793. The van der Waals surface area contributed by atoms with E-state index < -0.39 is 0 Å². The summed E-state index contributed by atoms with van der Waals surface area (Å²) in [7, 11) is 0. The molecular formula is C18H29N. The maximum atomic E-state index is 3.62. The van der Waals surface area contributed by atoms with E-state index in [0.29, 0.717) is 0 Å². The molecule has 1 N–H and O–H groups in total. The average Bonchev–Trinajstić information content (AvgIpc) is 2.88. The van der Waals surface area contributed by atoms with Crippen LogP contribution in [-0.2, 0) is 6.42 Å². The Bertz CT molecular complexity index is 372. The standard InChI is InChI=1S/C18H29N/c1-3-7-15-8-5-9-16(13-15)18-11-6-10-17(18)14-19-12-4-2/h5,8-9,13,17-19H,3-4,6-7,10-12,14H2,1-2H3. The van der Waals surface area contributed by atoms with Crippen molar-refractivity contribution >= 4 is 0 Å². The molecular weight excluding hydrogens is 230 g/mol. The Morgan fingerprint density at radius 3 is 2.84 bits per heavy atom. The number of hydrogen-bond donors (Lipinski definition) is 1. The molecule has 1 aromatic carbocycles. The molecule has 0 aliphatic heterocycles. The van der Waals surface area contributed by atoms with Crippen molar-refractivity contribution in [3.8, 4) is 0 Å². The van der Waals surface area contributed by atoms with Gasteiger partial charge in [0.05, 0.1) is 0 Å².